The van der Waals surface area contributed by atoms with Crippen LogP contribution in [0.5, 0.6) is 0 Å². The molecule has 4 aromatic heterocycles. The Morgan fingerprint density at radius 3 is 2.54 bits per heavy atom. The molecule has 9 heteroatoms. The van der Waals surface area contributed by atoms with Gasteiger partial charge in [-0.15, -0.1) is 0 Å². The summed E-state index contributed by atoms with van der Waals surface area (Å²) in [5.74, 6) is 0.984. The first-order chi connectivity index (χ1) is 16.8. The molecule has 1 N–H and O–H groups in total. The Morgan fingerprint density at radius 2 is 1.94 bits per heavy atom. The number of hydrogen-bond acceptors (Lipinski definition) is 6. The lowest BCUT2D eigenvalue weighted by Gasteiger charge is -2.23. The molecule has 6 rings (SSSR count). The van der Waals surface area contributed by atoms with Crippen molar-refractivity contribution in [3.8, 4) is 28.5 Å². The highest BCUT2D eigenvalue weighted by Gasteiger charge is 2.50. The minimum absolute atomic E-state index is 0.386. The maximum atomic E-state index is 11.7. The molecule has 9 nitrogen and oxygen atoms in total. The molecule has 4 aromatic rings. The van der Waals surface area contributed by atoms with E-state index in [2.05, 4.69) is 21.2 Å². The molecule has 1 aliphatic carbocycles. The smallest absolute Gasteiger partial charge is 0.309 e. The number of carbonyl (C=O) groups is 1. The average molecular weight is 468 g/mol. The minimum atomic E-state index is -0.684. The standard InChI is InChI=1S/C26H25N7O2/c1-26(25(34)35)8-18-13-32(14-19(18)9-26)23-4-3-16(11-28-23)21-7-17(22-5-6-31(2)30-22)15-33-24(21)20(10-27)12-29-33/h3-7,11-12,15,18-19H,8-9,13-14H2,1-2H3,(H,34,35)/t18-,19+,26+. The van der Waals surface area contributed by atoms with Crippen LogP contribution in [0.2, 0.25) is 0 Å². The van der Waals surface area contributed by atoms with Gasteiger partial charge in [0.25, 0.3) is 0 Å². The third-order valence-corrected chi connectivity index (χ3v) is 7.64. The average Bonchev–Trinajstić information content (AvgIpc) is 3.61. The minimum Gasteiger partial charge on any atom is -0.481 e. The van der Waals surface area contributed by atoms with Crippen LogP contribution in [0.3, 0.4) is 0 Å². The largest absolute Gasteiger partial charge is 0.481 e. The zero-order valence-corrected chi connectivity index (χ0v) is 19.6. The molecule has 0 bridgehead atoms. The first-order valence-corrected chi connectivity index (χ1v) is 11.7. The monoisotopic (exact) mass is 467 g/mol. The van der Waals surface area contributed by atoms with E-state index in [1.807, 2.05) is 56.8 Å². The maximum Gasteiger partial charge on any atom is 0.309 e. The van der Waals surface area contributed by atoms with Crippen LogP contribution in [-0.4, -0.2) is 48.5 Å². The van der Waals surface area contributed by atoms with Gasteiger partial charge in [-0.3, -0.25) is 9.48 Å². The fourth-order valence-electron chi connectivity index (χ4n) is 5.87. The summed E-state index contributed by atoms with van der Waals surface area (Å²) in [6.45, 7) is 3.54. The molecule has 176 valence electrons. The second kappa shape index (κ2) is 7.67. The van der Waals surface area contributed by atoms with Crippen molar-refractivity contribution in [1.29, 1.82) is 5.26 Å². The van der Waals surface area contributed by atoms with Crippen molar-refractivity contribution >= 4 is 17.3 Å². The molecule has 1 saturated heterocycles. The predicted molar refractivity (Wildman–Crippen MR) is 130 cm³/mol. The molecule has 1 aliphatic heterocycles. The van der Waals surface area contributed by atoms with E-state index in [0.717, 1.165) is 59.7 Å². The number of aryl methyl sites for hydroxylation is 1. The van der Waals surface area contributed by atoms with Gasteiger partial charge in [0.2, 0.25) is 0 Å². The third-order valence-electron chi connectivity index (χ3n) is 7.64. The van der Waals surface area contributed by atoms with E-state index in [1.165, 1.54) is 0 Å². The van der Waals surface area contributed by atoms with Crippen molar-refractivity contribution < 1.29 is 9.90 Å². The van der Waals surface area contributed by atoms with Crippen LogP contribution in [-0.2, 0) is 11.8 Å². The molecule has 0 radical (unpaired) electrons. The van der Waals surface area contributed by atoms with E-state index in [9.17, 15) is 15.2 Å². The van der Waals surface area contributed by atoms with Gasteiger partial charge in [0.05, 0.1) is 28.4 Å². The molecule has 5 heterocycles. The van der Waals surface area contributed by atoms with Crippen LogP contribution in [0, 0.1) is 28.6 Å². The number of pyridine rings is 2. The number of anilines is 1. The summed E-state index contributed by atoms with van der Waals surface area (Å²) in [4.78, 5) is 18.7. The van der Waals surface area contributed by atoms with Gasteiger partial charge >= 0.3 is 5.97 Å². The zero-order valence-electron chi connectivity index (χ0n) is 19.6. The Balaban J connectivity index is 1.32. The molecule has 0 spiro atoms. The lowest BCUT2D eigenvalue weighted by atomic mass is 9.87. The van der Waals surface area contributed by atoms with Crippen molar-refractivity contribution in [3.05, 3.63) is 54.6 Å². The topological polar surface area (TPSA) is 112 Å². The van der Waals surface area contributed by atoms with E-state index in [-0.39, 0.29) is 0 Å². The van der Waals surface area contributed by atoms with Crippen LogP contribution in [0.15, 0.2) is 49.1 Å². The van der Waals surface area contributed by atoms with Gasteiger partial charge in [-0.05, 0) is 55.9 Å². The number of hydrogen-bond donors (Lipinski definition) is 1. The summed E-state index contributed by atoms with van der Waals surface area (Å²) in [5, 5.41) is 28.1. The summed E-state index contributed by atoms with van der Waals surface area (Å²) in [6.07, 6.45) is 8.64. The first kappa shape index (κ1) is 21.4. The van der Waals surface area contributed by atoms with Crippen molar-refractivity contribution in [2.24, 2.45) is 24.3 Å². The predicted octanol–water partition coefficient (Wildman–Crippen LogP) is 3.61. The fourth-order valence-corrected chi connectivity index (χ4v) is 5.87. The highest BCUT2D eigenvalue weighted by molar-refractivity contribution is 5.87. The van der Waals surface area contributed by atoms with Crippen molar-refractivity contribution in [2.45, 2.75) is 19.8 Å². The van der Waals surface area contributed by atoms with Gasteiger partial charge < -0.3 is 10.0 Å². The van der Waals surface area contributed by atoms with Crippen molar-refractivity contribution in [2.75, 3.05) is 18.0 Å². The van der Waals surface area contributed by atoms with Crippen LogP contribution in [0.1, 0.15) is 25.3 Å². The Labute approximate surface area is 202 Å². The van der Waals surface area contributed by atoms with Gasteiger partial charge in [0, 0.05) is 55.4 Å². The lowest BCUT2D eigenvalue weighted by Crippen LogP contribution is -2.29. The number of carboxylic acids is 1. The molecule has 2 aliphatic rings. The highest BCUT2D eigenvalue weighted by Crippen LogP contribution is 2.49. The Hall–Kier alpha value is -4.19. The number of nitrogens with zero attached hydrogens (tertiary/aromatic N) is 7. The number of rotatable bonds is 4. The number of nitriles is 1. The van der Waals surface area contributed by atoms with Gasteiger partial charge in [-0.2, -0.15) is 15.5 Å². The molecule has 3 atom stereocenters. The van der Waals surface area contributed by atoms with E-state index in [0.29, 0.717) is 17.4 Å². The van der Waals surface area contributed by atoms with Gasteiger partial charge in [0.1, 0.15) is 11.9 Å². The van der Waals surface area contributed by atoms with Crippen LogP contribution in [0.25, 0.3) is 27.9 Å². The second-order valence-electron chi connectivity index (χ2n) is 10.1. The number of aliphatic carboxylic acids is 1. The molecule has 1 saturated carbocycles. The van der Waals surface area contributed by atoms with Crippen LogP contribution >= 0.6 is 0 Å². The van der Waals surface area contributed by atoms with Gasteiger partial charge in [0.15, 0.2) is 0 Å². The summed E-state index contributed by atoms with van der Waals surface area (Å²) in [7, 11) is 1.88. The number of aromatic nitrogens is 5. The number of fused-ring (bicyclic) bond motifs is 2. The summed E-state index contributed by atoms with van der Waals surface area (Å²) in [5.41, 5.74) is 4.13. The van der Waals surface area contributed by atoms with E-state index >= 15 is 0 Å². The lowest BCUT2D eigenvalue weighted by molar-refractivity contribution is -0.147. The molecule has 0 aromatic carbocycles. The van der Waals surface area contributed by atoms with E-state index in [4.69, 9.17) is 4.98 Å². The quantitative estimate of drug-likeness (QED) is 0.488. The summed E-state index contributed by atoms with van der Waals surface area (Å²) >= 11 is 0. The second-order valence-corrected chi connectivity index (χ2v) is 10.1. The van der Waals surface area contributed by atoms with Crippen LogP contribution < -0.4 is 4.90 Å². The molecular weight excluding hydrogens is 442 g/mol. The zero-order chi connectivity index (χ0) is 24.3. The van der Waals surface area contributed by atoms with E-state index in [1.54, 1.807) is 15.4 Å². The van der Waals surface area contributed by atoms with Gasteiger partial charge in [-0.1, -0.05) is 0 Å². The summed E-state index contributed by atoms with van der Waals surface area (Å²) < 4.78 is 3.48. The molecule has 0 amide bonds. The first-order valence-electron chi connectivity index (χ1n) is 11.7. The Bertz CT molecular complexity index is 1480. The fraction of sp³-hybridized carbons (Fsp3) is 0.346. The Kier molecular flexibility index (Phi) is 4.68. The third kappa shape index (κ3) is 3.44. The highest BCUT2D eigenvalue weighted by atomic mass is 16.4. The van der Waals surface area contributed by atoms with Crippen LogP contribution in [0.4, 0.5) is 5.82 Å². The molecule has 35 heavy (non-hydrogen) atoms. The van der Waals surface area contributed by atoms with Crippen molar-refractivity contribution in [3.63, 3.8) is 0 Å². The maximum absolute atomic E-state index is 11.7. The van der Waals surface area contributed by atoms with Gasteiger partial charge in [-0.25, -0.2) is 9.50 Å². The SMILES string of the molecule is Cn1ccc(-c2cc(-c3ccc(N4C[C@@H]5C[C@@](C)(C(=O)O)C[C@@H]5C4)nc3)c3c(C#N)cnn3c2)n1. The molecular formula is C26H25N7O2. The molecule has 0 unspecified atom stereocenters. The van der Waals surface area contributed by atoms with E-state index < -0.39 is 11.4 Å². The van der Waals surface area contributed by atoms with Crippen molar-refractivity contribution in [1.82, 2.24) is 24.4 Å². The molecule has 2 fully saturated rings. The normalized spacial score (nSPS) is 23.5. The number of carboxylic acid groups (broad SMARTS) is 1. The summed E-state index contributed by atoms with van der Waals surface area (Å²) in [6, 6.07) is 10.3. The Morgan fingerprint density at radius 1 is 1.17 bits per heavy atom.